The van der Waals surface area contributed by atoms with Crippen LogP contribution >= 0.6 is 0 Å². The van der Waals surface area contributed by atoms with Gasteiger partial charge in [0.25, 0.3) is 0 Å². The van der Waals surface area contributed by atoms with Crippen molar-refractivity contribution in [2.45, 2.75) is 24.9 Å². The van der Waals surface area contributed by atoms with Crippen molar-refractivity contribution in [1.82, 2.24) is 0 Å². The molecule has 0 aliphatic rings. The van der Waals surface area contributed by atoms with Gasteiger partial charge < -0.3 is 4.79 Å². The van der Waals surface area contributed by atoms with Gasteiger partial charge in [-0.2, -0.15) is 39.5 Å². The Labute approximate surface area is 102 Å². The van der Waals surface area contributed by atoms with E-state index in [-0.39, 0.29) is 18.4 Å². The highest BCUT2D eigenvalue weighted by atomic mass is 19.4. The molecule has 1 nitrogen and oxygen atoms in total. The maximum absolute atomic E-state index is 10.8. The van der Waals surface area contributed by atoms with Crippen LogP contribution in [0.15, 0.2) is 25.3 Å². The first-order valence-corrected chi connectivity index (χ1v) is 4.09. The van der Waals surface area contributed by atoms with Crippen molar-refractivity contribution < 1.29 is 44.3 Å². The fraction of sp³-hybridized carbons (Fsp3) is 0.444. The predicted octanol–water partition coefficient (Wildman–Crippen LogP) is 4.61. The van der Waals surface area contributed by atoms with Gasteiger partial charge in [-0.25, -0.2) is 0 Å². The Morgan fingerprint density at radius 3 is 0.947 bits per heavy atom. The first kappa shape index (κ1) is 22.7. The highest BCUT2D eigenvalue weighted by molar-refractivity contribution is 5.50. The highest BCUT2D eigenvalue weighted by Crippen LogP contribution is 2.16. The van der Waals surface area contributed by atoms with E-state index < -0.39 is 24.9 Å². The molecule has 0 aromatic rings. The summed E-state index contributed by atoms with van der Waals surface area (Å²) in [6.45, 7) is 5.01. The summed E-state index contributed by atoms with van der Waals surface area (Å²) in [5.74, 6) is 0. The molecule has 10 heteroatoms. The molecule has 0 bridgehead atoms. The van der Waals surface area contributed by atoms with Gasteiger partial charge in [0.2, 0.25) is 0 Å². The largest absolute Gasteiger partial charge is 0.409 e. The first-order valence-electron chi connectivity index (χ1n) is 4.09. The van der Waals surface area contributed by atoms with E-state index in [1.807, 2.05) is 0 Å². The van der Waals surface area contributed by atoms with Crippen molar-refractivity contribution >= 4 is 6.29 Å². The second-order valence-corrected chi connectivity index (χ2v) is 2.48. The van der Waals surface area contributed by atoms with Crippen LogP contribution in [-0.4, -0.2) is 24.8 Å². The summed E-state index contributed by atoms with van der Waals surface area (Å²) >= 11 is 0. The number of carbonyl (C=O) groups is 1. The lowest BCUT2D eigenvalue weighted by Gasteiger charge is -1.95. The number of carbonyl (C=O) groups excluding carboxylic acids is 1. The van der Waals surface area contributed by atoms with Gasteiger partial charge in [-0.1, -0.05) is 13.2 Å². The Kier molecular flexibility index (Phi) is 11.3. The molecular weight excluding hydrogens is 295 g/mol. The summed E-state index contributed by atoms with van der Waals surface area (Å²) < 4.78 is 96.5. The Bertz CT molecular complexity index is 240. The van der Waals surface area contributed by atoms with Crippen LogP contribution in [0.3, 0.4) is 0 Å². The summed E-state index contributed by atoms with van der Waals surface area (Å²) in [4.78, 5) is 9.10. The zero-order valence-electron chi connectivity index (χ0n) is 9.16. The summed E-state index contributed by atoms with van der Waals surface area (Å²) in [6, 6.07) is 0. The number of hydrogen-bond acceptors (Lipinski definition) is 1. The molecule has 0 N–H and O–H groups in total. The van der Waals surface area contributed by atoms with Crippen molar-refractivity contribution in [2.75, 3.05) is 0 Å². The zero-order valence-corrected chi connectivity index (χ0v) is 9.16. The lowest BCUT2D eigenvalue weighted by atomic mass is 10.5. The Morgan fingerprint density at radius 2 is 0.947 bits per heavy atom. The molecule has 0 saturated carbocycles. The summed E-state index contributed by atoms with van der Waals surface area (Å²) in [5, 5.41) is 0. The number of rotatable bonds is 1. The lowest BCUT2D eigenvalue weighted by molar-refractivity contribution is -0.144. The Morgan fingerprint density at radius 1 is 0.737 bits per heavy atom. The van der Waals surface area contributed by atoms with Gasteiger partial charge in [0.15, 0.2) is 0 Å². The van der Waals surface area contributed by atoms with E-state index in [0.717, 1.165) is 0 Å². The Hall–Kier alpha value is -1.48. The maximum atomic E-state index is 10.8. The van der Waals surface area contributed by atoms with Crippen molar-refractivity contribution in [3.63, 3.8) is 0 Å². The fourth-order valence-corrected chi connectivity index (χ4v) is 0.0945. The maximum Gasteiger partial charge on any atom is 0.409 e. The topological polar surface area (TPSA) is 17.1 Å². The van der Waals surface area contributed by atoms with Crippen LogP contribution < -0.4 is 0 Å². The lowest BCUT2D eigenvalue weighted by Crippen LogP contribution is -2.06. The minimum atomic E-state index is -4.32. The highest BCUT2D eigenvalue weighted by Gasteiger charge is 2.25. The van der Waals surface area contributed by atoms with Crippen LogP contribution in [0.5, 0.6) is 0 Å². The minimum Gasteiger partial charge on any atom is -0.303 e. The number of halogens is 9. The fourth-order valence-electron chi connectivity index (χ4n) is 0.0945. The van der Waals surface area contributed by atoms with E-state index in [1.165, 1.54) is 0 Å². The molecule has 19 heavy (non-hydrogen) atoms. The molecule has 0 aliphatic heterocycles. The Balaban J connectivity index is -0.000000203. The van der Waals surface area contributed by atoms with E-state index in [1.54, 1.807) is 0 Å². The standard InChI is InChI=1S/C3H3F3O.2C3H3F3/c4-3(5,6)1-2-7;2*1-2-3(4,5)6/h2H,1H2;2*2H,1H2. The molecule has 0 aromatic heterocycles. The quantitative estimate of drug-likeness (QED) is 0.393. The third kappa shape index (κ3) is 48.0. The molecule has 0 fully saturated rings. The van der Waals surface area contributed by atoms with Gasteiger partial charge in [-0.3, -0.25) is 0 Å². The van der Waals surface area contributed by atoms with E-state index in [9.17, 15) is 39.5 Å². The molecule has 114 valence electrons. The first-order chi connectivity index (χ1) is 8.18. The van der Waals surface area contributed by atoms with Gasteiger partial charge in [-0.15, -0.1) is 0 Å². The average Bonchev–Trinajstić information content (AvgIpc) is 2.15. The number of allylic oxidation sites excluding steroid dienone is 2. The van der Waals surface area contributed by atoms with Gasteiger partial charge in [0.05, 0.1) is 6.42 Å². The van der Waals surface area contributed by atoms with E-state index in [4.69, 9.17) is 4.79 Å². The molecule has 0 atom stereocenters. The molecule has 0 amide bonds. The third-order valence-corrected chi connectivity index (χ3v) is 0.778. The molecule has 0 aromatic carbocycles. The van der Waals surface area contributed by atoms with Crippen LogP contribution in [0.1, 0.15) is 6.42 Å². The minimum absolute atomic E-state index is 0.0625. The second kappa shape index (κ2) is 9.45. The SMILES string of the molecule is C=CC(F)(F)F.C=CC(F)(F)F.O=CCC(F)(F)F. The molecule has 0 radical (unpaired) electrons. The van der Waals surface area contributed by atoms with Crippen LogP contribution in [0.25, 0.3) is 0 Å². The monoisotopic (exact) mass is 304 g/mol. The predicted molar refractivity (Wildman–Crippen MR) is 49.2 cm³/mol. The molecule has 0 unspecified atom stereocenters. The second-order valence-electron chi connectivity index (χ2n) is 2.48. The van der Waals surface area contributed by atoms with E-state index >= 15 is 0 Å². The smallest absolute Gasteiger partial charge is 0.303 e. The third-order valence-electron chi connectivity index (χ3n) is 0.778. The molecule has 0 spiro atoms. The van der Waals surface area contributed by atoms with Gasteiger partial charge in [0, 0.05) is 12.2 Å². The summed E-state index contributed by atoms with van der Waals surface area (Å²) in [7, 11) is 0. The molecule has 0 saturated heterocycles. The van der Waals surface area contributed by atoms with Crippen LogP contribution in [0.2, 0.25) is 0 Å². The normalized spacial score (nSPS) is 11.2. The number of hydrogen-bond donors (Lipinski definition) is 0. The van der Waals surface area contributed by atoms with E-state index in [2.05, 4.69) is 13.2 Å². The van der Waals surface area contributed by atoms with Crippen LogP contribution in [-0.2, 0) is 4.79 Å². The average molecular weight is 304 g/mol. The van der Waals surface area contributed by atoms with Crippen molar-refractivity contribution in [3.8, 4) is 0 Å². The molecule has 0 heterocycles. The van der Waals surface area contributed by atoms with Gasteiger partial charge in [-0.05, 0) is 0 Å². The van der Waals surface area contributed by atoms with E-state index in [0.29, 0.717) is 0 Å². The van der Waals surface area contributed by atoms with Crippen molar-refractivity contribution in [1.29, 1.82) is 0 Å². The van der Waals surface area contributed by atoms with Gasteiger partial charge >= 0.3 is 18.5 Å². The number of alkyl halides is 9. The van der Waals surface area contributed by atoms with Crippen molar-refractivity contribution in [2.24, 2.45) is 0 Å². The van der Waals surface area contributed by atoms with Crippen LogP contribution in [0.4, 0.5) is 39.5 Å². The number of aldehydes is 1. The van der Waals surface area contributed by atoms with Crippen LogP contribution in [0, 0.1) is 0 Å². The summed E-state index contributed by atoms with van der Waals surface area (Å²) in [5.41, 5.74) is 0. The molecule has 0 aliphatic carbocycles. The molecular formula is C9H9F9O. The summed E-state index contributed by atoms with van der Waals surface area (Å²) in [6.07, 6.45) is -14.3. The molecule has 0 rings (SSSR count). The van der Waals surface area contributed by atoms with Crippen molar-refractivity contribution in [3.05, 3.63) is 25.3 Å². The zero-order chi connectivity index (χ0) is 16.3. The van der Waals surface area contributed by atoms with Gasteiger partial charge in [0.1, 0.15) is 6.29 Å².